The molecule has 0 unspecified atom stereocenters. The Hall–Kier alpha value is -1.62. The summed E-state index contributed by atoms with van der Waals surface area (Å²) < 4.78 is 0. The van der Waals surface area contributed by atoms with Crippen LogP contribution in [0.2, 0.25) is 0 Å². The van der Waals surface area contributed by atoms with Crippen molar-refractivity contribution in [1.82, 2.24) is 5.06 Å². The maximum Gasteiger partial charge on any atom is 0.352 e. The van der Waals surface area contributed by atoms with Crippen LogP contribution in [0.1, 0.15) is 20.3 Å². The molecule has 0 heterocycles. The van der Waals surface area contributed by atoms with Gasteiger partial charge in [-0.15, -0.1) is 5.06 Å². The molecule has 0 fully saturated rings. The van der Waals surface area contributed by atoms with E-state index in [4.69, 9.17) is 9.94 Å². The molecule has 0 bridgehead atoms. The highest BCUT2D eigenvalue weighted by atomic mass is 16.7. The number of nitrogens with zero attached hydrogens (tertiary/aromatic N) is 1. The molecule has 0 aromatic carbocycles. The van der Waals surface area contributed by atoms with Crippen LogP contribution in [0, 0.1) is 0 Å². The zero-order chi connectivity index (χ0) is 13.3. The van der Waals surface area contributed by atoms with Crippen LogP contribution in [0.5, 0.6) is 0 Å². The fraction of sp³-hybridized carbons (Fsp3) is 0.455. The van der Waals surface area contributed by atoms with Crippen LogP contribution in [0.25, 0.3) is 0 Å². The molecule has 5 nitrogen and oxygen atoms in total. The Bertz CT molecular complexity index is 270. The van der Waals surface area contributed by atoms with E-state index in [0.717, 1.165) is 0 Å². The lowest BCUT2D eigenvalue weighted by molar-refractivity contribution is -0.173. The summed E-state index contributed by atoms with van der Waals surface area (Å²) in [6.45, 7) is 9.99. The molecule has 0 atom stereocenters. The van der Waals surface area contributed by atoms with Crippen LogP contribution in [0.4, 0.5) is 0 Å². The van der Waals surface area contributed by atoms with Crippen molar-refractivity contribution in [2.75, 3.05) is 14.1 Å². The second kappa shape index (κ2) is 8.67. The lowest BCUT2D eigenvalue weighted by Crippen LogP contribution is -2.19. The number of rotatable bonds is 4. The molecule has 0 aliphatic carbocycles. The van der Waals surface area contributed by atoms with Gasteiger partial charge in [0.25, 0.3) is 0 Å². The van der Waals surface area contributed by atoms with Crippen molar-refractivity contribution in [1.29, 1.82) is 0 Å². The lowest BCUT2D eigenvalue weighted by atomic mass is 10.2. The molecular weight excluding hydrogens is 210 g/mol. The second-order valence-corrected chi connectivity index (χ2v) is 3.23. The first-order valence-electron chi connectivity index (χ1n) is 4.68. The maximum absolute atomic E-state index is 10.8. The molecule has 0 aromatic rings. The minimum atomic E-state index is -0.935. The maximum atomic E-state index is 10.8. The highest BCUT2D eigenvalue weighted by Crippen LogP contribution is 1.99. The van der Waals surface area contributed by atoms with Gasteiger partial charge in [0.05, 0.1) is 0 Å². The summed E-state index contributed by atoms with van der Waals surface area (Å²) in [7, 11) is 3.31. The highest BCUT2D eigenvalue weighted by Gasteiger charge is 2.06. The fourth-order valence-corrected chi connectivity index (χ4v) is 0.375. The van der Waals surface area contributed by atoms with Crippen LogP contribution in [0.15, 0.2) is 24.3 Å². The first-order valence-corrected chi connectivity index (χ1v) is 4.68. The Kier molecular flexibility index (Phi) is 9.10. The number of carboxylic acids is 1. The van der Waals surface area contributed by atoms with Crippen molar-refractivity contribution in [2.45, 2.75) is 20.3 Å². The summed E-state index contributed by atoms with van der Waals surface area (Å²) in [5, 5.41) is 9.24. The van der Waals surface area contributed by atoms with E-state index in [9.17, 15) is 9.59 Å². The van der Waals surface area contributed by atoms with Crippen LogP contribution < -0.4 is 0 Å². The van der Waals surface area contributed by atoms with Crippen molar-refractivity contribution >= 4 is 11.9 Å². The average Bonchev–Trinajstić information content (AvgIpc) is 2.16. The minimum absolute atomic E-state index is 0.176. The molecule has 5 heteroatoms. The molecule has 0 saturated carbocycles. The minimum Gasteiger partial charge on any atom is -0.478 e. The highest BCUT2D eigenvalue weighted by molar-refractivity contribution is 5.87. The molecule has 0 amide bonds. The normalized spacial score (nSPS) is 8.81. The number of carbonyl (C=O) groups is 2. The van der Waals surface area contributed by atoms with E-state index in [1.54, 1.807) is 14.1 Å². The number of hydroxylamine groups is 2. The molecular formula is C11H19NO4. The zero-order valence-electron chi connectivity index (χ0n) is 10.2. The molecule has 0 rings (SSSR count). The van der Waals surface area contributed by atoms with Crippen molar-refractivity contribution in [3.05, 3.63) is 24.3 Å². The number of aliphatic carboxylic acids is 1. The summed E-state index contributed by atoms with van der Waals surface area (Å²) in [4.78, 5) is 25.1. The smallest absolute Gasteiger partial charge is 0.352 e. The van der Waals surface area contributed by atoms with Gasteiger partial charge in [-0.1, -0.05) is 20.1 Å². The monoisotopic (exact) mass is 229 g/mol. The molecule has 0 aliphatic rings. The Balaban J connectivity index is 0. The van der Waals surface area contributed by atoms with E-state index < -0.39 is 5.97 Å². The Morgan fingerprint density at radius 1 is 1.31 bits per heavy atom. The van der Waals surface area contributed by atoms with Crippen molar-refractivity contribution < 1.29 is 19.5 Å². The lowest BCUT2D eigenvalue weighted by Gasteiger charge is -2.09. The number of carboxylic acid groups (broad SMARTS) is 1. The topological polar surface area (TPSA) is 66.8 Å². The van der Waals surface area contributed by atoms with Gasteiger partial charge in [0, 0.05) is 25.2 Å². The molecule has 0 spiro atoms. The van der Waals surface area contributed by atoms with Gasteiger partial charge < -0.3 is 9.94 Å². The van der Waals surface area contributed by atoms with Gasteiger partial charge in [-0.25, -0.2) is 9.59 Å². The predicted molar refractivity (Wildman–Crippen MR) is 61.7 cm³/mol. The van der Waals surface area contributed by atoms with E-state index in [1.165, 1.54) is 12.0 Å². The third-order valence-corrected chi connectivity index (χ3v) is 1.35. The molecule has 0 radical (unpaired) electrons. The van der Waals surface area contributed by atoms with Gasteiger partial charge in [0.15, 0.2) is 0 Å². The van der Waals surface area contributed by atoms with E-state index in [-0.39, 0.29) is 11.5 Å². The first-order chi connectivity index (χ1) is 7.22. The second-order valence-electron chi connectivity index (χ2n) is 3.23. The van der Waals surface area contributed by atoms with Crippen LogP contribution in [-0.2, 0) is 14.4 Å². The quantitative estimate of drug-likeness (QED) is 0.586. The predicted octanol–water partition coefficient (Wildman–Crippen LogP) is 1.62. The zero-order valence-corrected chi connectivity index (χ0v) is 10.2. The SMILES string of the molecule is C=C(C)C(=O)O.C=C(CC)C(=O)ON(C)C. The standard InChI is InChI=1S/C7H13NO2.C4H6O2/c1-5-6(2)7(9)10-8(3)4;1-3(2)4(5)6/h2,5H2,1,3-4H3;1H2,2H3,(H,5,6). The summed E-state index contributed by atoms with van der Waals surface area (Å²) >= 11 is 0. The van der Waals surface area contributed by atoms with Crippen LogP contribution in [0.3, 0.4) is 0 Å². The summed E-state index contributed by atoms with van der Waals surface area (Å²) in [6.07, 6.45) is 0.632. The Morgan fingerprint density at radius 2 is 1.69 bits per heavy atom. The molecule has 92 valence electrons. The Labute approximate surface area is 96.0 Å². The Morgan fingerprint density at radius 3 is 1.88 bits per heavy atom. The summed E-state index contributed by atoms with van der Waals surface area (Å²) in [5.41, 5.74) is 0.670. The third kappa shape index (κ3) is 10.5. The first kappa shape index (κ1) is 16.8. The van der Waals surface area contributed by atoms with Gasteiger partial charge in [-0.2, -0.15) is 0 Å². The molecule has 0 saturated heterocycles. The number of hydrogen-bond acceptors (Lipinski definition) is 4. The van der Waals surface area contributed by atoms with Crippen LogP contribution in [-0.4, -0.2) is 36.2 Å². The van der Waals surface area contributed by atoms with Crippen LogP contribution >= 0.6 is 0 Å². The molecule has 1 N–H and O–H groups in total. The average molecular weight is 229 g/mol. The number of hydrogen-bond donors (Lipinski definition) is 1. The van der Waals surface area contributed by atoms with E-state index in [0.29, 0.717) is 12.0 Å². The van der Waals surface area contributed by atoms with Gasteiger partial charge in [0.1, 0.15) is 0 Å². The molecule has 16 heavy (non-hydrogen) atoms. The fourth-order valence-electron chi connectivity index (χ4n) is 0.375. The van der Waals surface area contributed by atoms with E-state index >= 15 is 0 Å². The summed E-state index contributed by atoms with van der Waals surface area (Å²) in [6, 6.07) is 0. The van der Waals surface area contributed by atoms with Gasteiger partial charge in [-0.05, 0) is 13.3 Å². The van der Waals surface area contributed by atoms with Crippen molar-refractivity contribution in [3.63, 3.8) is 0 Å². The largest absolute Gasteiger partial charge is 0.478 e. The van der Waals surface area contributed by atoms with Gasteiger partial charge in [0.2, 0.25) is 0 Å². The third-order valence-electron chi connectivity index (χ3n) is 1.35. The summed E-state index contributed by atoms with van der Waals surface area (Å²) in [5.74, 6) is -1.29. The number of carbonyl (C=O) groups excluding carboxylic acids is 1. The molecule has 0 aromatic heterocycles. The van der Waals surface area contributed by atoms with Gasteiger partial charge in [-0.3, -0.25) is 0 Å². The van der Waals surface area contributed by atoms with Gasteiger partial charge >= 0.3 is 11.9 Å². The van der Waals surface area contributed by atoms with Crippen molar-refractivity contribution in [3.8, 4) is 0 Å². The molecule has 0 aliphatic heterocycles. The van der Waals surface area contributed by atoms with E-state index in [2.05, 4.69) is 13.2 Å². The van der Waals surface area contributed by atoms with E-state index in [1.807, 2.05) is 6.92 Å². The van der Waals surface area contributed by atoms with Crippen molar-refractivity contribution in [2.24, 2.45) is 0 Å².